The Morgan fingerprint density at radius 2 is 2.00 bits per heavy atom. The van der Waals surface area contributed by atoms with Crippen molar-refractivity contribution in [2.75, 3.05) is 20.3 Å². The molecular weight excluding hydrogens is 338 g/mol. The zero-order valence-corrected chi connectivity index (χ0v) is 13.7. The third-order valence-electron chi connectivity index (χ3n) is 2.46. The zero-order chi connectivity index (χ0) is 15.8. The Hall–Kier alpha value is -2.00. The maximum Gasteiger partial charge on any atom is 0.348 e. The van der Waals surface area contributed by atoms with Gasteiger partial charge in [-0.1, -0.05) is 0 Å². The fourth-order valence-corrected chi connectivity index (χ4v) is 2.21. The molecule has 0 aliphatic rings. The van der Waals surface area contributed by atoms with Crippen molar-refractivity contribution in [3.8, 4) is 17.6 Å². The van der Waals surface area contributed by atoms with Crippen LogP contribution in [0.3, 0.4) is 0 Å². The van der Waals surface area contributed by atoms with Gasteiger partial charge in [0.25, 0.3) is 0 Å². The maximum atomic E-state index is 11.4. The summed E-state index contributed by atoms with van der Waals surface area (Å²) in [7, 11) is 1.23. The molecule has 0 bridgehead atoms. The molecule has 1 aromatic rings. The summed E-state index contributed by atoms with van der Waals surface area (Å²) in [6, 6.07) is 5.26. The Morgan fingerprint density at radius 1 is 1.33 bits per heavy atom. The lowest BCUT2D eigenvalue weighted by atomic mass is 10.1. The number of rotatable bonds is 6. The highest BCUT2D eigenvalue weighted by molar-refractivity contribution is 9.10. The Morgan fingerprint density at radius 3 is 2.52 bits per heavy atom. The number of ether oxygens (including phenoxy) is 3. The van der Waals surface area contributed by atoms with E-state index in [-0.39, 0.29) is 5.57 Å². The molecule has 0 aliphatic heterocycles. The first kappa shape index (κ1) is 17.1. The highest BCUT2D eigenvalue weighted by Crippen LogP contribution is 2.37. The molecule has 1 aromatic carbocycles. The van der Waals surface area contributed by atoms with Gasteiger partial charge in [-0.2, -0.15) is 5.26 Å². The van der Waals surface area contributed by atoms with Gasteiger partial charge < -0.3 is 14.2 Å². The number of carbonyl (C=O) groups is 1. The molecule has 6 heteroatoms. The second kappa shape index (κ2) is 8.32. The minimum Gasteiger partial charge on any atom is -0.490 e. The van der Waals surface area contributed by atoms with E-state index in [0.29, 0.717) is 34.7 Å². The van der Waals surface area contributed by atoms with E-state index in [1.807, 2.05) is 19.9 Å². The van der Waals surface area contributed by atoms with Crippen LogP contribution >= 0.6 is 15.9 Å². The van der Waals surface area contributed by atoms with Crippen LogP contribution in [0.5, 0.6) is 11.5 Å². The van der Waals surface area contributed by atoms with Crippen molar-refractivity contribution < 1.29 is 19.0 Å². The molecule has 0 saturated heterocycles. The Labute approximate surface area is 132 Å². The molecule has 0 fully saturated rings. The summed E-state index contributed by atoms with van der Waals surface area (Å²) >= 11 is 3.40. The first-order chi connectivity index (χ1) is 10.1. The fourth-order valence-electron chi connectivity index (χ4n) is 1.63. The summed E-state index contributed by atoms with van der Waals surface area (Å²) in [4.78, 5) is 11.4. The predicted molar refractivity (Wildman–Crippen MR) is 82.1 cm³/mol. The molecule has 5 nitrogen and oxygen atoms in total. The van der Waals surface area contributed by atoms with Gasteiger partial charge in [0.1, 0.15) is 11.6 Å². The van der Waals surface area contributed by atoms with Crippen LogP contribution in [0.15, 0.2) is 22.2 Å². The summed E-state index contributed by atoms with van der Waals surface area (Å²) in [5.41, 5.74) is 0.548. The Balaban J connectivity index is 3.30. The van der Waals surface area contributed by atoms with Crippen LogP contribution in [0.1, 0.15) is 19.4 Å². The number of carbonyl (C=O) groups excluding carboxylic acids is 1. The van der Waals surface area contributed by atoms with Gasteiger partial charge in [0, 0.05) is 0 Å². The van der Waals surface area contributed by atoms with E-state index in [0.717, 1.165) is 0 Å². The SMILES string of the molecule is CCOc1cc(/C=C(/C#N)C(=O)OC)cc(Br)c1OCC. The molecule has 0 N–H and O–H groups in total. The second-order valence-electron chi connectivity index (χ2n) is 3.86. The summed E-state index contributed by atoms with van der Waals surface area (Å²) in [6.45, 7) is 4.71. The molecular formula is C15H16BrNO4. The minimum atomic E-state index is -0.680. The molecule has 0 aliphatic carbocycles. The molecule has 0 heterocycles. The molecule has 0 spiro atoms. The molecule has 0 atom stereocenters. The third kappa shape index (κ3) is 4.50. The zero-order valence-electron chi connectivity index (χ0n) is 12.1. The van der Waals surface area contributed by atoms with Crippen LogP contribution in [-0.4, -0.2) is 26.3 Å². The number of hydrogen-bond donors (Lipinski definition) is 0. The molecule has 0 aromatic heterocycles. The standard InChI is InChI=1S/C15H16BrNO4/c1-4-20-13-8-10(6-11(9-17)15(18)19-3)7-12(16)14(13)21-5-2/h6-8H,4-5H2,1-3H3/b11-6-. The van der Waals surface area contributed by atoms with Crippen molar-refractivity contribution in [2.45, 2.75) is 13.8 Å². The van der Waals surface area contributed by atoms with E-state index >= 15 is 0 Å². The van der Waals surface area contributed by atoms with Crippen LogP contribution in [0.25, 0.3) is 6.08 Å². The summed E-state index contributed by atoms with van der Waals surface area (Å²) in [5, 5.41) is 8.98. The smallest absolute Gasteiger partial charge is 0.348 e. The van der Waals surface area contributed by atoms with E-state index in [4.69, 9.17) is 14.7 Å². The van der Waals surface area contributed by atoms with Gasteiger partial charge in [-0.05, 0) is 53.5 Å². The first-order valence-corrected chi connectivity index (χ1v) is 7.15. The van der Waals surface area contributed by atoms with Crippen LogP contribution < -0.4 is 9.47 Å². The largest absolute Gasteiger partial charge is 0.490 e. The molecule has 1 rings (SSSR count). The van der Waals surface area contributed by atoms with Gasteiger partial charge in [0.15, 0.2) is 11.5 Å². The maximum absolute atomic E-state index is 11.4. The van der Waals surface area contributed by atoms with E-state index < -0.39 is 5.97 Å². The Bertz CT molecular complexity index is 590. The van der Waals surface area contributed by atoms with Gasteiger partial charge in [0.05, 0.1) is 24.8 Å². The van der Waals surface area contributed by atoms with Crippen LogP contribution in [0.2, 0.25) is 0 Å². The molecule has 0 radical (unpaired) electrons. The Kier molecular flexibility index (Phi) is 6.76. The average molecular weight is 354 g/mol. The fraction of sp³-hybridized carbons (Fsp3) is 0.333. The van der Waals surface area contributed by atoms with Crippen molar-refractivity contribution >= 4 is 28.0 Å². The van der Waals surface area contributed by atoms with E-state index in [2.05, 4.69) is 20.7 Å². The lowest BCUT2D eigenvalue weighted by Gasteiger charge is -2.13. The molecule has 0 saturated carbocycles. The number of esters is 1. The van der Waals surface area contributed by atoms with Gasteiger partial charge in [-0.25, -0.2) is 4.79 Å². The third-order valence-corrected chi connectivity index (χ3v) is 3.05. The van der Waals surface area contributed by atoms with Gasteiger partial charge >= 0.3 is 5.97 Å². The van der Waals surface area contributed by atoms with E-state index in [1.54, 1.807) is 12.1 Å². The van der Waals surface area contributed by atoms with Gasteiger partial charge in [0.2, 0.25) is 0 Å². The second-order valence-corrected chi connectivity index (χ2v) is 4.71. The number of nitriles is 1. The van der Waals surface area contributed by atoms with Crippen molar-refractivity contribution in [3.63, 3.8) is 0 Å². The number of nitrogens with zero attached hydrogens (tertiary/aromatic N) is 1. The molecule has 21 heavy (non-hydrogen) atoms. The van der Waals surface area contributed by atoms with Gasteiger partial charge in [-0.3, -0.25) is 0 Å². The summed E-state index contributed by atoms with van der Waals surface area (Å²) in [5.74, 6) is 0.454. The minimum absolute atomic E-state index is 0.0870. The van der Waals surface area contributed by atoms with Crippen LogP contribution in [0, 0.1) is 11.3 Å². The van der Waals surface area contributed by atoms with Crippen molar-refractivity contribution in [1.29, 1.82) is 5.26 Å². The van der Waals surface area contributed by atoms with Crippen molar-refractivity contribution in [3.05, 3.63) is 27.7 Å². The number of halogens is 1. The topological polar surface area (TPSA) is 68.5 Å². The van der Waals surface area contributed by atoms with Crippen LogP contribution in [-0.2, 0) is 9.53 Å². The number of benzene rings is 1. The molecule has 0 unspecified atom stereocenters. The first-order valence-electron chi connectivity index (χ1n) is 6.36. The summed E-state index contributed by atoms with van der Waals surface area (Å²) in [6.07, 6.45) is 1.44. The molecule has 112 valence electrons. The summed E-state index contributed by atoms with van der Waals surface area (Å²) < 4.78 is 16.3. The monoisotopic (exact) mass is 353 g/mol. The predicted octanol–water partition coefficient (Wildman–Crippen LogP) is 3.33. The van der Waals surface area contributed by atoms with Crippen molar-refractivity contribution in [2.24, 2.45) is 0 Å². The number of hydrogen-bond acceptors (Lipinski definition) is 5. The lowest BCUT2D eigenvalue weighted by Crippen LogP contribution is -2.03. The van der Waals surface area contributed by atoms with Crippen molar-refractivity contribution in [1.82, 2.24) is 0 Å². The highest BCUT2D eigenvalue weighted by Gasteiger charge is 2.13. The average Bonchev–Trinajstić information content (AvgIpc) is 2.47. The lowest BCUT2D eigenvalue weighted by molar-refractivity contribution is -0.135. The quantitative estimate of drug-likeness (QED) is 0.445. The normalized spacial score (nSPS) is 10.7. The van der Waals surface area contributed by atoms with E-state index in [1.165, 1.54) is 13.2 Å². The van der Waals surface area contributed by atoms with Gasteiger partial charge in [-0.15, -0.1) is 0 Å². The van der Waals surface area contributed by atoms with Crippen LogP contribution in [0.4, 0.5) is 0 Å². The number of methoxy groups -OCH3 is 1. The highest BCUT2D eigenvalue weighted by atomic mass is 79.9. The molecule has 0 amide bonds. The van der Waals surface area contributed by atoms with E-state index in [9.17, 15) is 4.79 Å².